The molecule has 1 aromatic carbocycles. The Bertz CT molecular complexity index is 1080. The summed E-state index contributed by atoms with van der Waals surface area (Å²) in [7, 11) is 0. The van der Waals surface area contributed by atoms with E-state index in [1.807, 2.05) is 36.1 Å². The monoisotopic (exact) mass is 448 g/mol. The van der Waals surface area contributed by atoms with E-state index in [2.05, 4.69) is 38.5 Å². The highest BCUT2D eigenvalue weighted by molar-refractivity contribution is 5.86. The number of nitrogens with zero attached hydrogens (tertiary/aromatic N) is 7. The molecule has 5 rings (SSSR count). The minimum atomic E-state index is -0.309. The van der Waals surface area contributed by atoms with E-state index in [-0.39, 0.29) is 41.9 Å². The fraction of sp³-hybridized carbons (Fsp3) is 0.565. The minimum Gasteiger partial charge on any atom is -0.330 e. The van der Waals surface area contributed by atoms with Gasteiger partial charge in [0.1, 0.15) is 6.04 Å². The average Bonchev–Trinajstić information content (AvgIpc) is 3.62. The number of H-pyrrole nitrogens is 1. The Labute approximate surface area is 192 Å². The number of nitrogens with one attached hydrogen (secondary N) is 1. The maximum Gasteiger partial charge on any atom is 0.240 e. The van der Waals surface area contributed by atoms with Crippen molar-refractivity contribution >= 4 is 11.8 Å². The van der Waals surface area contributed by atoms with Crippen LogP contribution in [0.25, 0.3) is 11.4 Å². The SMILES string of the molecule is C[C@H](c1cccc(-c2nn[nH]n2)c1)N1C(=O)[C@@H]2C[C@H]1CN2C[C@H](C)C(=O)N1CCC[C@H]1C#N. The molecule has 0 saturated carbocycles. The number of nitriles is 1. The molecule has 172 valence electrons. The van der Waals surface area contributed by atoms with Gasteiger partial charge in [-0.05, 0) is 43.0 Å². The number of hydrogen-bond acceptors (Lipinski definition) is 7. The van der Waals surface area contributed by atoms with Gasteiger partial charge in [-0.15, -0.1) is 10.2 Å². The molecule has 10 nitrogen and oxygen atoms in total. The first-order valence-electron chi connectivity index (χ1n) is 11.6. The average molecular weight is 449 g/mol. The highest BCUT2D eigenvalue weighted by Gasteiger charge is 2.51. The molecule has 4 heterocycles. The van der Waals surface area contributed by atoms with Crippen LogP contribution in [0.4, 0.5) is 0 Å². The summed E-state index contributed by atoms with van der Waals surface area (Å²) in [5.74, 6) is 0.445. The van der Waals surface area contributed by atoms with Crippen molar-refractivity contribution in [3.63, 3.8) is 0 Å². The van der Waals surface area contributed by atoms with Crippen molar-refractivity contribution in [2.24, 2.45) is 5.92 Å². The van der Waals surface area contributed by atoms with Gasteiger partial charge in [0.25, 0.3) is 0 Å². The number of hydrogen-bond donors (Lipinski definition) is 1. The van der Waals surface area contributed by atoms with Crippen LogP contribution in [-0.2, 0) is 9.59 Å². The van der Waals surface area contributed by atoms with Gasteiger partial charge in [-0.2, -0.15) is 10.5 Å². The molecule has 33 heavy (non-hydrogen) atoms. The summed E-state index contributed by atoms with van der Waals surface area (Å²) in [4.78, 5) is 32.1. The summed E-state index contributed by atoms with van der Waals surface area (Å²) in [6, 6.07) is 9.72. The molecule has 0 unspecified atom stereocenters. The molecule has 10 heteroatoms. The zero-order valence-corrected chi connectivity index (χ0v) is 18.9. The smallest absolute Gasteiger partial charge is 0.240 e. The molecule has 2 bridgehead atoms. The van der Waals surface area contributed by atoms with Gasteiger partial charge in [0.15, 0.2) is 0 Å². The first-order valence-corrected chi connectivity index (χ1v) is 11.6. The number of tetrazole rings is 1. The highest BCUT2D eigenvalue weighted by atomic mass is 16.2. The lowest BCUT2D eigenvalue weighted by molar-refractivity contribution is -0.142. The summed E-state index contributed by atoms with van der Waals surface area (Å²) in [5.41, 5.74) is 1.89. The Hall–Kier alpha value is -3.32. The van der Waals surface area contributed by atoms with Crippen LogP contribution in [-0.4, -0.2) is 84.9 Å². The summed E-state index contributed by atoms with van der Waals surface area (Å²) in [6.07, 6.45) is 2.42. The van der Waals surface area contributed by atoms with Crippen LogP contribution in [0.2, 0.25) is 0 Å². The van der Waals surface area contributed by atoms with E-state index < -0.39 is 0 Å². The van der Waals surface area contributed by atoms with E-state index in [0.29, 0.717) is 18.9 Å². The number of carbonyl (C=O) groups is 2. The Balaban J connectivity index is 1.24. The molecule has 0 aliphatic carbocycles. The van der Waals surface area contributed by atoms with Crippen LogP contribution in [0, 0.1) is 17.2 Å². The third-order valence-corrected chi connectivity index (χ3v) is 7.32. The van der Waals surface area contributed by atoms with Crippen molar-refractivity contribution in [2.75, 3.05) is 19.6 Å². The molecule has 2 aromatic rings. The van der Waals surface area contributed by atoms with Crippen molar-refractivity contribution in [3.05, 3.63) is 29.8 Å². The summed E-state index contributed by atoms with van der Waals surface area (Å²) >= 11 is 0. The molecular formula is C23H28N8O2. The van der Waals surface area contributed by atoms with Crippen molar-refractivity contribution in [1.29, 1.82) is 5.26 Å². The number of aromatic nitrogens is 4. The van der Waals surface area contributed by atoms with Crippen LogP contribution < -0.4 is 0 Å². The third kappa shape index (κ3) is 3.76. The van der Waals surface area contributed by atoms with E-state index >= 15 is 0 Å². The maximum atomic E-state index is 13.3. The number of likely N-dealkylation sites (tertiary alicyclic amines) is 3. The van der Waals surface area contributed by atoms with Gasteiger partial charge in [-0.25, -0.2) is 0 Å². The lowest BCUT2D eigenvalue weighted by Crippen LogP contribution is -2.53. The number of amides is 2. The number of fused-ring (bicyclic) bond motifs is 2. The molecule has 3 saturated heterocycles. The second-order valence-electron chi connectivity index (χ2n) is 9.36. The van der Waals surface area contributed by atoms with E-state index in [4.69, 9.17) is 0 Å². The fourth-order valence-corrected chi connectivity index (χ4v) is 5.66. The Morgan fingerprint density at radius 2 is 2.21 bits per heavy atom. The first-order chi connectivity index (χ1) is 16.0. The minimum absolute atomic E-state index is 0.0257. The zero-order chi connectivity index (χ0) is 23.1. The molecule has 5 atom stereocenters. The van der Waals surface area contributed by atoms with Crippen molar-refractivity contribution in [1.82, 2.24) is 35.3 Å². The Kier molecular flexibility index (Phi) is 5.58. The molecule has 1 aromatic heterocycles. The number of piperazine rings is 1. The van der Waals surface area contributed by atoms with Crippen molar-refractivity contribution in [3.8, 4) is 17.5 Å². The van der Waals surface area contributed by atoms with Crippen LogP contribution >= 0.6 is 0 Å². The topological polar surface area (TPSA) is 122 Å². The van der Waals surface area contributed by atoms with Crippen molar-refractivity contribution < 1.29 is 9.59 Å². The van der Waals surface area contributed by atoms with Gasteiger partial charge in [-0.1, -0.05) is 25.1 Å². The fourth-order valence-electron chi connectivity index (χ4n) is 5.66. The molecule has 3 fully saturated rings. The molecule has 2 amide bonds. The molecular weight excluding hydrogens is 420 g/mol. The molecule has 0 radical (unpaired) electrons. The van der Waals surface area contributed by atoms with E-state index in [1.165, 1.54) is 0 Å². The summed E-state index contributed by atoms with van der Waals surface area (Å²) < 4.78 is 0. The Morgan fingerprint density at radius 1 is 1.36 bits per heavy atom. The van der Waals surface area contributed by atoms with Crippen LogP contribution in [0.15, 0.2) is 24.3 Å². The van der Waals surface area contributed by atoms with Gasteiger partial charge in [0.05, 0.1) is 18.2 Å². The second-order valence-corrected chi connectivity index (χ2v) is 9.36. The lowest BCUT2D eigenvalue weighted by Gasteiger charge is -2.38. The van der Waals surface area contributed by atoms with E-state index in [0.717, 1.165) is 36.9 Å². The van der Waals surface area contributed by atoms with Crippen LogP contribution in [0.3, 0.4) is 0 Å². The van der Waals surface area contributed by atoms with Gasteiger partial charge in [0.2, 0.25) is 17.6 Å². The number of aromatic amines is 1. The largest absolute Gasteiger partial charge is 0.330 e. The molecule has 1 N–H and O–H groups in total. The normalized spacial score (nSPS) is 26.6. The van der Waals surface area contributed by atoms with Gasteiger partial charge < -0.3 is 9.80 Å². The first kappa shape index (κ1) is 21.5. The van der Waals surface area contributed by atoms with Crippen LogP contribution in [0.5, 0.6) is 0 Å². The Morgan fingerprint density at radius 3 is 2.94 bits per heavy atom. The highest BCUT2D eigenvalue weighted by Crippen LogP contribution is 2.38. The van der Waals surface area contributed by atoms with E-state index in [9.17, 15) is 14.9 Å². The molecule has 3 aliphatic rings. The van der Waals surface area contributed by atoms with Crippen LogP contribution in [0.1, 0.15) is 44.7 Å². The van der Waals surface area contributed by atoms with Gasteiger partial charge in [0, 0.05) is 37.2 Å². The third-order valence-electron chi connectivity index (χ3n) is 7.32. The second kappa shape index (κ2) is 8.56. The number of benzene rings is 1. The van der Waals surface area contributed by atoms with Gasteiger partial charge in [-0.3, -0.25) is 14.5 Å². The standard InChI is InChI=1S/C23H28N8O2/c1-14(22(32)30-8-4-7-18(30)11-24)12-29-13-19-10-20(29)23(33)31(19)15(2)16-5-3-6-17(9-16)21-25-27-28-26-21/h3,5-6,9,14-15,18-20H,4,7-8,10,12-13H2,1-2H3,(H,25,26,27,28)/t14-,15+,18-,19-,20-/m0/s1. The predicted octanol–water partition coefficient (Wildman–Crippen LogP) is 1.36. The quantitative estimate of drug-likeness (QED) is 0.708. The van der Waals surface area contributed by atoms with Crippen molar-refractivity contribution in [2.45, 2.75) is 57.3 Å². The summed E-state index contributed by atoms with van der Waals surface area (Å²) in [5, 5.41) is 23.5. The predicted molar refractivity (Wildman–Crippen MR) is 118 cm³/mol. The maximum absolute atomic E-state index is 13.3. The number of rotatable bonds is 6. The number of carbonyl (C=O) groups excluding carboxylic acids is 2. The van der Waals surface area contributed by atoms with Gasteiger partial charge >= 0.3 is 0 Å². The lowest BCUT2D eigenvalue weighted by atomic mass is 10.0. The molecule has 3 aliphatic heterocycles. The summed E-state index contributed by atoms with van der Waals surface area (Å²) in [6.45, 7) is 5.94. The zero-order valence-electron chi connectivity index (χ0n) is 18.9. The molecule has 0 spiro atoms. The van der Waals surface area contributed by atoms with E-state index in [1.54, 1.807) is 4.90 Å².